The summed E-state index contributed by atoms with van der Waals surface area (Å²) in [5, 5.41) is 18.9. The predicted molar refractivity (Wildman–Crippen MR) is 63.9 cm³/mol. The lowest BCUT2D eigenvalue weighted by Gasteiger charge is -2.14. The molecule has 0 atom stereocenters. The van der Waals surface area contributed by atoms with Crippen molar-refractivity contribution in [2.45, 2.75) is 0 Å². The maximum atomic E-state index is 11.5. The van der Waals surface area contributed by atoms with Crippen LogP contribution in [0.3, 0.4) is 0 Å². The van der Waals surface area contributed by atoms with Crippen LogP contribution in [0.5, 0.6) is 5.75 Å². The van der Waals surface area contributed by atoms with Gasteiger partial charge in [-0.3, -0.25) is 19.7 Å². The van der Waals surface area contributed by atoms with Crippen LogP contribution in [-0.4, -0.2) is 47.0 Å². The van der Waals surface area contributed by atoms with Crippen molar-refractivity contribution < 1.29 is 24.4 Å². The minimum atomic E-state index is -1.12. The van der Waals surface area contributed by atoms with Crippen molar-refractivity contribution in [3.63, 3.8) is 0 Å². The molecule has 1 rings (SSSR count). The monoisotopic (exact) mass is 268 g/mol. The third-order valence-electron chi connectivity index (χ3n) is 2.21. The lowest BCUT2D eigenvalue weighted by Crippen LogP contribution is -2.35. The number of amides is 1. The number of likely N-dealkylation sites (N-methyl/N-ethyl adjacent to an activating group) is 1. The van der Waals surface area contributed by atoms with Gasteiger partial charge in [0.1, 0.15) is 12.3 Å². The minimum Gasteiger partial charge on any atom is -0.484 e. The number of benzene rings is 1. The van der Waals surface area contributed by atoms with Crippen LogP contribution in [0.2, 0.25) is 0 Å². The third kappa shape index (κ3) is 4.62. The maximum Gasteiger partial charge on any atom is 0.323 e. The molecule has 0 unspecified atom stereocenters. The van der Waals surface area contributed by atoms with E-state index in [1.165, 1.54) is 31.3 Å². The second kappa shape index (κ2) is 6.34. The van der Waals surface area contributed by atoms with Crippen molar-refractivity contribution in [1.29, 1.82) is 0 Å². The first-order valence-corrected chi connectivity index (χ1v) is 5.23. The van der Waals surface area contributed by atoms with Gasteiger partial charge < -0.3 is 14.7 Å². The highest BCUT2D eigenvalue weighted by Crippen LogP contribution is 2.17. The SMILES string of the molecule is CN(CC(=O)O)C(=O)COc1ccc([N+](=O)[O-])cc1. The van der Waals surface area contributed by atoms with Crippen LogP contribution in [0, 0.1) is 10.1 Å². The Morgan fingerprint density at radius 1 is 1.37 bits per heavy atom. The Bertz CT molecular complexity index is 484. The first-order valence-electron chi connectivity index (χ1n) is 5.23. The zero-order valence-electron chi connectivity index (χ0n) is 10.1. The highest BCUT2D eigenvalue weighted by molar-refractivity contribution is 5.82. The maximum absolute atomic E-state index is 11.5. The Balaban J connectivity index is 2.50. The van der Waals surface area contributed by atoms with Crippen LogP contribution in [0.1, 0.15) is 0 Å². The Hall–Kier alpha value is -2.64. The van der Waals surface area contributed by atoms with Crippen LogP contribution < -0.4 is 4.74 Å². The van der Waals surface area contributed by atoms with Crippen molar-refractivity contribution >= 4 is 17.6 Å². The third-order valence-corrected chi connectivity index (χ3v) is 2.21. The lowest BCUT2D eigenvalue weighted by molar-refractivity contribution is -0.384. The number of nitrogens with zero attached hydrogens (tertiary/aromatic N) is 2. The molecule has 0 saturated carbocycles. The van der Waals surface area contributed by atoms with Crippen LogP contribution in [-0.2, 0) is 9.59 Å². The summed E-state index contributed by atoms with van der Waals surface area (Å²) in [5.41, 5.74) is -0.0818. The molecule has 0 fully saturated rings. The van der Waals surface area contributed by atoms with Crippen molar-refractivity contribution in [2.75, 3.05) is 20.2 Å². The second-order valence-corrected chi connectivity index (χ2v) is 3.68. The smallest absolute Gasteiger partial charge is 0.323 e. The molecule has 8 nitrogen and oxygen atoms in total. The number of carboxylic acid groups (broad SMARTS) is 1. The average Bonchev–Trinajstić information content (AvgIpc) is 2.35. The molecule has 102 valence electrons. The summed E-state index contributed by atoms with van der Waals surface area (Å²) in [6, 6.07) is 5.23. The number of nitro groups is 1. The molecule has 0 heterocycles. The molecule has 1 aromatic rings. The first-order chi connectivity index (χ1) is 8.90. The van der Waals surface area contributed by atoms with Gasteiger partial charge >= 0.3 is 5.97 Å². The molecule has 0 bridgehead atoms. The topological polar surface area (TPSA) is 110 Å². The molecular formula is C11H12N2O6. The van der Waals surface area contributed by atoms with Gasteiger partial charge in [-0.2, -0.15) is 0 Å². The van der Waals surface area contributed by atoms with Crippen molar-refractivity contribution in [1.82, 2.24) is 4.90 Å². The van der Waals surface area contributed by atoms with Crippen LogP contribution in [0.4, 0.5) is 5.69 Å². The van der Waals surface area contributed by atoms with E-state index in [0.29, 0.717) is 5.75 Å². The van der Waals surface area contributed by atoms with E-state index in [1.54, 1.807) is 0 Å². The fraction of sp³-hybridized carbons (Fsp3) is 0.273. The van der Waals surface area contributed by atoms with Crippen LogP contribution >= 0.6 is 0 Å². The summed E-state index contributed by atoms with van der Waals surface area (Å²) in [5.74, 6) is -1.32. The fourth-order valence-corrected chi connectivity index (χ4v) is 1.21. The van der Waals surface area contributed by atoms with Crippen molar-refractivity contribution in [3.05, 3.63) is 34.4 Å². The Labute approximate surface area is 108 Å². The highest BCUT2D eigenvalue weighted by atomic mass is 16.6. The van der Waals surface area contributed by atoms with E-state index < -0.39 is 23.3 Å². The largest absolute Gasteiger partial charge is 0.484 e. The molecule has 0 saturated heterocycles. The molecule has 0 spiro atoms. The summed E-state index contributed by atoms with van der Waals surface area (Å²) in [6.07, 6.45) is 0. The lowest BCUT2D eigenvalue weighted by atomic mass is 10.3. The Kier molecular flexibility index (Phi) is 4.81. The molecule has 19 heavy (non-hydrogen) atoms. The van der Waals surface area contributed by atoms with E-state index in [0.717, 1.165) is 4.90 Å². The zero-order valence-corrected chi connectivity index (χ0v) is 10.1. The molecule has 0 radical (unpaired) electrons. The molecule has 1 aromatic carbocycles. The van der Waals surface area contributed by atoms with E-state index in [-0.39, 0.29) is 12.3 Å². The number of carboxylic acids is 1. The molecular weight excluding hydrogens is 256 g/mol. The molecule has 8 heteroatoms. The predicted octanol–water partition coefficient (Wildman–Crippen LogP) is 0.517. The number of hydrogen-bond acceptors (Lipinski definition) is 5. The van der Waals surface area contributed by atoms with Crippen molar-refractivity contribution in [3.8, 4) is 5.75 Å². The standard InChI is InChI=1S/C11H12N2O6/c1-12(6-11(15)16)10(14)7-19-9-4-2-8(3-5-9)13(17)18/h2-5H,6-7H2,1H3,(H,15,16). The summed E-state index contributed by atoms with van der Waals surface area (Å²) in [4.78, 5) is 32.7. The summed E-state index contributed by atoms with van der Waals surface area (Å²) >= 11 is 0. The molecule has 1 N–H and O–H groups in total. The highest BCUT2D eigenvalue weighted by Gasteiger charge is 2.13. The van der Waals surface area contributed by atoms with E-state index in [4.69, 9.17) is 9.84 Å². The quantitative estimate of drug-likeness (QED) is 0.594. The van der Waals surface area contributed by atoms with Crippen molar-refractivity contribution in [2.24, 2.45) is 0 Å². The van der Waals surface area contributed by atoms with Gasteiger partial charge in [-0.15, -0.1) is 0 Å². The number of ether oxygens (including phenoxy) is 1. The van der Waals surface area contributed by atoms with Crippen LogP contribution in [0.15, 0.2) is 24.3 Å². The van der Waals surface area contributed by atoms with Gasteiger partial charge in [0.25, 0.3) is 11.6 Å². The summed E-state index contributed by atoms with van der Waals surface area (Å²) in [7, 11) is 1.34. The normalized spacial score (nSPS) is 9.74. The number of rotatable bonds is 6. The summed E-state index contributed by atoms with van der Waals surface area (Å²) in [6.45, 7) is -0.746. The second-order valence-electron chi connectivity index (χ2n) is 3.68. The van der Waals surface area contributed by atoms with Gasteiger partial charge in [0, 0.05) is 19.2 Å². The van der Waals surface area contributed by atoms with E-state index in [1.807, 2.05) is 0 Å². The number of non-ortho nitro benzene ring substituents is 1. The molecule has 0 aliphatic carbocycles. The van der Waals surface area contributed by atoms with E-state index >= 15 is 0 Å². The van der Waals surface area contributed by atoms with E-state index in [9.17, 15) is 19.7 Å². The molecule has 0 aliphatic rings. The van der Waals surface area contributed by atoms with Gasteiger partial charge in [-0.25, -0.2) is 0 Å². The molecule has 0 aromatic heterocycles. The van der Waals surface area contributed by atoms with Gasteiger partial charge in [0.15, 0.2) is 6.61 Å². The van der Waals surface area contributed by atoms with Gasteiger partial charge in [0.05, 0.1) is 4.92 Å². The fourth-order valence-electron chi connectivity index (χ4n) is 1.21. The minimum absolute atomic E-state index is 0.0818. The Morgan fingerprint density at radius 2 is 1.95 bits per heavy atom. The van der Waals surface area contributed by atoms with Gasteiger partial charge in [-0.05, 0) is 12.1 Å². The number of carbonyl (C=O) groups is 2. The number of aliphatic carboxylic acids is 1. The number of nitro benzene ring substituents is 1. The first kappa shape index (κ1) is 14.4. The number of carbonyl (C=O) groups excluding carboxylic acids is 1. The van der Waals surface area contributed by atoms with Gasteiger partial charge in [0.2, 0.25) is 0 Å². The molecule has 0 aliphatic heterocycles. The molecule has 1 amide bonds. The average molecular weight is 268 g/mol. The van der Waals surface area contributed by atoms with Gasteiger partial charge in [-0.1, -0.05) is 0 Å². The number of hydrogen-bond donors (Lipinski definition) is 1. The zero-order chi connectivity index (χ0) is 14.4. The summed E-state index contributed by atoms with van der Waals surface area (Å²) < 4.78 is 5.10. The Morgan fingerprint density at radius 3 is 2.42 bits per heavy atom. The van der Waals surface area contributed by atoms with Crippen LogP contribution in [0.25, 0.3) is 0 Å². The van der Waals surface area contributed by atoms with E-state index in [2.05, 4.69) is 0 Å².